The van der Waals surface area contributed by atoms with E-state index in [0.29, 0.717) is 36.8 Å². The smallest absolute Gasteiger partial charge is 0.405 e. The molecule has 6 amide bonds. The minimum absolute atomic E-state index is 0.192. The second-order valence-electron chi connectivity index (χ2n) is 18.3. The van der Waals surface area contributed by atoms with Crippen molar-refractivity contribution in [3.05, 3.63) is 69.2 Å². The first-order chi connectivity index (χ1) is 30.3. The molecule has 19 heteroatoms. The molecule has 4 aliphatic rings. The van der Waals surface area contributed by atoms with Crippen LogP contribution in [0.2, 0.25) is 0 Å². The number of carboxylic acid groups (broad SMARTS) is 2. The van der Waals surface area contributed by atoms with E-state index >= 15 is 0 Å². The summed E-state index contributed by atoms with van der Waals surface area (Å²) in [5, 5.41) is 24.5. The van der Waals surface area contributed by atoms with Crippen LogP contribution in [0.3, 0.4) is 0 Å². The molecule has 18 nitrogen and oxygen atoms in total. The number of hydrogen-bond donors (Lipinski definition) is 8. The number of rotatable bonds is 13. The maximum Gasteiger partial charge on any atom is 0.405 e. The fourth-order valence-corrected chi connectivity index (χ4v) is 12.0. The second kappa shape index (κ2) is 17.8. The van der Waals surface area contributed by atoms with Crippen LogP contribution in [-0.2, 0) is 43.1 Å². The number of aryl methyl sites for hydroxylation is 2. The molecule has 7 rings (SSSR count). The van der Waals surface area contributed by atoms with E-state index in [0.717, 1.165) is 47.6 Å². The van der Waals surface area contributed by atoms with Crippen LogP contribution in [0.5, 0.6) is 0 Å². The van der Waals surface area contributed by atoms with Crippen LogP contribution >= 0.6 is 11.3 Å². The van der Waals surface area contributed by atoms with Crippen LogP contribution in [0.1, 0.15) is 124 Å². The first kappa shape index (κ1) is 45.9. The zero-order chi connectivity index (χ0) is 46.4. The SMILES string of the molecule is CC(C)[C@H](NC(=O)O)C(=O)N1CCC[C@@]1(C(N)=O)c1ccc([C@H]2CC[C@H](c3ccc([C@]4(C(N)=O)CCCN4C(=O)[C@@H](NC(=O)O)C(C)C)c(N)c3)N2c2nc3c(s2)CCCC3)cc1N. The number of amides is 6. The first-order valence-corrected chi connectivity index (χ1v) is 22.9. The number of fused-ring (bicyclic) bond motifs is 1. The molecule has 2 aromatic carbocycles. The molecule has 344 valence electrons. The number of thiazole rings is 1. The molecule has 0 spiro atoms. The molecule has 3 aliphatic heterocycles. The Bertz CT molecular complexity index is 2200. The van der Waals surface area contributed by atoms with E-state index in [1.165, 1.54) is 14.7 Å². The summed E-state index contributed by atoms with van der Waals surface area (Å²) in [7, 11) is 0. The van der Waals surface area contributed by atoms with Crippen molar-refractivity contribution >= 4 is 63.7 Å². The van der Waals surface area contributed by atoms with Gasteiger partial charge in [0.2, 0.25) is 23.6 Å². The van der Waals surface area contributed by atoms with Gasteiger partial charge in [-0.3, -0.25) is 19.2 Å². The first-order valence-electron chi connectivity index (χ1n) is 22.1. The minimum Gasteiger partial charge on any atom is -0.465 e. The zero-order valence-electron chi connectivity index (χ0n) is 36.8. The third kappa shape index (κ3) is 7.91. The van der Waals surface area contributed by atoms with Crippen molar-refractivity contribution in [3.63, 3.8) is 0 Å². The summed E-state index contributed by atoms with van der Waals surface area (Å²) in [6.45, 7) is 7.28. The summed E-state index contributed by atoms with van der Waals surface area (Å²) in [6, 6.07) is 8.30. The molecule has 12 N–H and O–H groups in total. The number of hydrogen-bond acceptors (Lipinski definition) is 11. The number of nitrogens with zero attached hydrogens (tertiary/aromatic N) is 4. The average molecular weight is 901 g/mol. The summed E-state index contributed by atoms with van der Waals surface area (Å²) >= 11 is 1.66. The maximum atomic E-state index is 14.0. The Labute approximate surface area is 376 Å². The van der Waals surface area contributed by atoms with Crippen molar-refractivity contribution < 1.29 is 39.0 Å². The molecule has 4 heterocycles. The number of nitrogens with two attached hydrogens (primary N) is 4. The van der Waals surface area contributed by atoms with Gasteiger partial charge >= 0.3 is 12.2 Å². The van der Waals surface area contributed by atoms with Gasteiger partial charge in [0.05, 0.1) is 17.8 Å². The van der Waals surface area contributed by atoms with Gasteiger partial charge in [-0.2, -0.15) is 0 Å². The largest absolute Gasteiger partial charge is 0.465 e. The van der Waals surface area contributed by atoms with E-state index in [9.17, 15) is 39.0 Å². The molecular formula is C45H60N10O8S. The number of carbonyl (C=O) groups excluding carboxylic acids is 4. The van der Waals surface area contributed by atoms with Crippen LogP contribution in [0.25, 0.3) is 0 Å². The van der Waals surface area contributed by atoms with Crippen LogP contribution < -0.4 is 38.5 Å². The number of primary amides is 2. The maximum absolute atomic E-state index is 14.0. The summed E-state index contributed by atoms with van der Waals surface area (Å²) in [5.74, 6) is -3.43. The zero-order valence-corrected chi connectivity index (χ0v) is 37.6. The van der Waals surface area contributed by atoms with Gasteiger partial charge in [-0.05, 0) is 99.3 Å². The Balaban J connectivity index is 1.26. The van der Waals surface area contributed by atoms with Gasteiger partial charge in [0.25, 0.3) is 0 Å². The monoisotopic (exact) mass is 900 g/mol. The van der Waals surface area contributed by atoms with Gasteiger partial charge in [-0.15, -0.1) is 11.3 Å². The standard InChI is InChI=1S/C45H60N10O8S/c1-23(2)35(51-42(60)61)37(56)53-19-7-17-44(53,39(48)58)27-13-11-25(21-29(27)46)32-15-16-33(55(32)41-50-31-9-5-6-10-34(31)64-41)26-12-14-28(30(47)22-26)45(40(49)59)18-8-20-54(45)38(57)36(24(3)4)52-43(62)63/h11-14,21-24,32-33,35-36,51-52H,5-10,15-20,46-47H2,1-4H3,(H2,48,58)(H2,49,59)(H,60,61)(H,62,63)/t32-,33-,35+,36+,44+,45+/m1/s1. The molecule has 0 saturated carbocycles. The highest BCUT2D eigenvalue weighted by Gasteiger charge is 2.54. The molecule has 0 radical (unpaired) electrons. The second-order valence-corrected chi connectivity index (χ2v) is 19.3. The number of benzene rings is 2. The Morgan fingerprint density at radius 3 is 1.52 bits per heavy atom. The molecule has 0 bridgehead atoms. The summed E-state index contributed by atoms with van der Waals surface area (Å²) < 4.78 is 0. The predicted octanol–water partition coefficient (Wildman–Crippen LogP) is 4.46. The third-order valence-corrected chi connectivity index (χ3v) is 15.0. The lowest BCUT2D eigenvalue weighted by Gasteiger charge is -2.40. The molecule has 3 aromatic rings. The van der Waals surface area contributed by atoms with Crippen molar-refractivity contribution in [2.75, 3.05) is 29.5 Å². The Morgan fingerprint density at radius 1 is 0.703 bits per heavy atom. The highest BCUT2D eigenvalue weighted by molar-refractivity contribution is 7.15. The molecular weight excluding hydrogens is 841 g/mol. The van der Waals surface area contributed by atoms with Gasteiger partial charge in [0.1, 0.15) is 23.2 Å². The lowest BCUT2D eigenvalue weighted by molar-refractivity contribution is -0.146. The number of nitrogens with one attached hydrogen (secondary N) is 2. The van der Waals surface area contributed by atoms with Crippen molar-refractivity contribution in [3.8, 4) is 0 Å². The number of carbonyl (C=O) groups is 6. The van der Waals surface area contributed by atoms with E-state index in [2.05, 4.69) is 15.5 Å². The number of nitrogen functional groups attached to an aromatic ring is 2. The lowest BCUT2D eigenvalue weighted by atomic mass is 9.83. The summed E-state index contributed by atoms with van der Waals surface area (Å²) in [5.41, 5.74) is 27.0. The molecule has 1 aliphatic carbocycles. The number of anilines is 3. The Hall–Kier alpha value is -6.11. The topological polar surface area (TPSA) is 294 Å². The highest BCUT2D eigenvalue weighted by atomic mass is 32.1. The fraction of sp³-hybridized carbons (Fsp3) is 0.533. The molecule has 0 unspecified atom stereocenters. The molecule has 6 atom stereocenters. The highest BCUT2D eigenvalue weighted by Crippen LogP contribution is 2.52. The van der Waals surface area contributed by atoms with Crippen molar-refractivity contribution in [2.24, 2.45) is 23.3 Å². The van der Waals surface area contributed by atoms with E-state index in [1.54, 1.807) is 51.2 Å². The van der Waals surface area contributed by atoms with Gasteiger partial charge in [-0.25, -0.2) is 14.6 Å². The van der Waals surface area contributed by atoms with Gasteiger partial charge in [-0.1, -0.05) is 52.0 Å². The van der Waals surface area contributed by atoms with E-state index in [-0.39, 0.29) is 49.4 Å². The van der Waals surface area contributed by atoms with Crippen molar-refractivity contribution in [1.29, 1.82) is 0 Å². The van der Waals surface area contributed by atoms with E-state index in [1.807, 2.05) is 24.3 Å². The van der Waals surface area contributed by atoms with Crippen LogP contribution in [-0.4, -0.2) is 86.0 Å². The molecule has 1 aromatic heterocycles. The van der Waals surface area contributed by atoms with Crippen LogP contribution in [0, 0.1) is 11.8 Å². The number of likely N-dealkylation sites (tertiary alicyclic amines) is 2. The number of aromatic nitrogens is 1. The summed E-state index contributed by atoms with van der Waals surface area (Å²) in [4.78, 5) is 90.0. The summed E-state index contributed by atoms with van der Waals surface area (Å²) in [6.07, 6.45) is 3.95. The predicted molar refractivity (Wildman–Crippen MR) is 241 cm³/mol. The van der Waals surface area contributed by atoms with Crippen LogP contribution in [0.4, 0.5) is 26.1 Å². The Kier molecular flexibility index (Phi) is 12.8. The molecule has 3 saturated heterocycles. The average Bonchev–Trinajstić information content (AvgIpc) is 4.06. The third-order valence-electron chi connectivity index (χ3n) is 13.8. The quantitative estimate of drug-likeness (QED) is 0.110. The minimum atomic E-state index is -1.59. The van der Waals surface area contributed by atoms with Gasteiger partial charge < -0.3 is 58.5 Å². The Morgan fingerprint density at radius 2 is 1.14 bits per heavy atom. The van der Waals surface area contributed by atoms with E-state index < -0.39 is 70.8 Å². The molecule has 3 fully saturated rings. The normalized spacial score (nSPS) is 24.1. The molecule has 64 heavy (non-hydrogen) atoms. The van der Waals surface area contributed by atoms with Crippen LogP contribution in [0.15, 0.2) is 36.4 Å². The fourth-order valence-electron chi connectivity index (χ4n) is 10.7. The van der Waals surface area contributed by atoms with E-state index in [4.69, 9.17) is 27.9 Å². The van der Waals surface area contributed by atoms with Crippen molar-refractivity contribution in [1.82, 2.24) is 25.4 Å². The van der Waals surface area contributed by atoms with Crippen molar-refractivity contribution in [2.45, 2.75) is 127 Å². The van der Waals surface area contributed by atoms with Gasteiger partial charge in [0.15, 0.2) is 5.13 Å². The van der Waals surface area contributed by atoms with Gasteiger partial charge in [0, 0.05) is 40.5 Å². The lowest BCUT2D eigenvalue weighted by Crippen LogP contribution is -2.59.